The van der Waals surface area contributed by atoms with Crippen LogP contribution in [0.5, 0.6) is 0 Å². The van der Waals surface area contributed by atoms with Crippen molar-refractivity contribution in [3.8, 4) is 0 Å². The minimum absolute atomic E-state index is 0.200. The maximum atomic E-state index is 11.6. The van der Waals surface area contributed by atoms with E-state index < -0.39 is 0 Å². The van der Waals surface area contributed by atoms with Crippen molar-refractivity contribution in [3.63, 3.8) is 0 Å². The van der Waals surface area contributed by atoms with Crippen LogP contribution >= 0.6 is 0 Å². The van der Waals surface area contributed by atoms with E-state index in [4.69, 9.17) is 0 Å². The van der Waals surface area contributed by atoms with Crippen molar-refractivity contribution in [2.24, 2.45) is 5.92 Å². The van der Waals surface area contributed by atoms with E-state index >= 15 is 0 Å². The zero-order valence-corrected chi connectivity index (χ0v) is 8.49. The Bertz CT molecular complexity index is 182. The molecule has 1 heterocycles. The molecule has 1 aliphatic heterocycles. The summed E-state index contributed by atoms with van der Waals surface area (Å²) in [6.45, 7) is 5.45. The standard InChI is InChI=1S/C10H19NO2/c1-3-8(2)6-10(13)11-5-4-9(12)7-11/h8-9,12H,3-7H2,1-2H3/t8?,9-/m0/s1. The molecule has 0 bridgehead atoms. The number of nitrogens with zero attached hydrogens (tertiary/aromatic N) is 1. The van der Waals surface area contributed by atoms with E-state index in [0.717, 1.165) is 19.4 Å². The second kappa shape index (κ2) is 4.61. The Balaban J connectivity index is 2.31. The quantitative estimate of drug-likeness (QED) is 0.713. The minimum atomic E-state index is -0.291. The van der Waals surface area contributed by atoms with Gasteiger partial charge in [0.05, 0.1) is 6.10 Å². The Morgan fingerprint density at radius 2 is 2.38 bits per heavy atom. The van der Waals surface area contributed by atoms with Gasteiger partial charge in [-0.1, -0.05) is 20.3 Å². The van der Waals surface area contributed by atoms with E-state index in [9.17, 15) is 9.90 Å². The number of likely N-dealkylation sites (tertiary alicyclic amines) is 1. The summed E-state index contributed by atoms with van der Waals surface area (Å²) in [5, 5.41) is 9.25. The fourth-order valence-electron chi connectivity index (χ4n) is 1.54. The first-order chi connectivity index (χ1) is 6.13. The molecular formula is C10H19NO2. The molecule has 13 heavy (non-hydrogen) atoms. The Morgan fingerprint density at radius 3 is 2.85 bits per heavy atom. The second-order valence-corrected chi connectivity index (χ2v) is 4.00. The van der Waals surface area contributed by atoms with Crippen molar-refractivity contribution in [1.82, 2.24) is 4.90 Å². The first kappa shape index (κ1) is 10.5. The summed E-state index contributed by atoms with van der Waals surface area (Å²) in [4.78, 5) is 13.3. The highest BCUT2D eigenvalue weighted by molar-refractivity contribution is 5.76. The predicted molar refractivity (Wildman–Crippen MR) is 51.3 cm³/mol. The number of amides is 1. The van der Waals surface area contributed by atoms with E-state index in [2.05, 4.69) is 13.8 Å². The van der Waals surface area contributed by atoms with Gasteiger partial charge in [0.25, 0.3) is 0 Å². The van der Waals surface area contributed by atoms with Gasteiger partial charge in [-0.05, 0) is 12.3 Å². The molecule has 1 unspecified atom stereocenters. The average Bonchev–Trinajstić information content (AvgIpc) is 2.51. The summed E-state index contributed by atoms with van der Waals surface area (Å²) in [5.74, 6) is 0.663. The molecule has 0 radical (unpaired) electrons. The molecule has 3 nitrogen and oxygen atoms in total. The molecule has 0 aromatic carbocycles. The van der Waals surface area contributed by atoms with E-state index in [1.807, 2.05) is 0 Å². The lowest BCUT2D eigenvalue weighted by atomic mass is 10.0. The Labute approximate surface area is 79.7 Å². The van der Waals surface area contributed by atoms with Crippen LogP contribution < -0.4 is 0 Å². The molecule has 1 fully saturated rings. The van der Waals surface area contributed by atoms with E-state index in [-0.39, 0.29) is 12.0 Å². The number of β-amino-alcohol motifs (C(OH)–C–C–N with tert-alkyl or cyclic N) is 1. The SMILES string of the molecule is CCC(C)CC(=O)N1CC[C@H](O)C1. The Hall–Kier alpha value is -0.570. The topological polar surface area (TPSA) is 40.5 Å². The molecule has 0 aliphatic carbocycles. The van der Waals surface area contributed by atoms with Gasteiger partial charge in [0.15, 0.2) is 0 Å². The van der Waals surface area contributed by atoms with E-state index in [1.165, 1.54) is 0 Å². The highest BCUT2D eigenvalue weighted by Gasteiger charge is 2.24. The lowest BCUT2D eigenvalue weighted by molar-refractivity contribution is -0.131. The van der Waals surface area contributed by atoms with Gasteiger partial charge in [-0.3, -0.25) is 4.79 Å². The second-order valence-electron chi connectivity index (χ2n) is 4.00. The summed E-state index contributed by atoms with van der Waals surface area (Å²) in [6, 6.07) is 0. The van der Waals surface area contributed by atoms with Gasteiger partial charge in [-0.25, -0.2) is 0 Å². The van der Waals surface area contributed by atoms with Crippen molar-refractivity contribution in [2.75, 3.05) is 13.1 Å². The van der Waals surface area contributed by atoms with Crippen LogP contribution in [-0.4, -0.2) is 35.1 Å². The molecule has 1 amide bonds. The third-order valence-electron chi connectivity index (χ3n) is 2.74. The van der Waals surface area contributed by atoms with E-state index in [1.54, 1.807) is 4.90 Å². The number of carbonyl (C=O) groups excluding carboxylic acids is 1. The van der Waals surface area contributed by atoms with Crippen LogP contribution in [-0.2, 0) is 4.79 Å². The summed E-state index contributed by atoms with van der Waals surface area (Å²) < 4.78 is 0. The van der Waals surface area contributed by atoms with Gasteiger partial charge in [0.2, 0.25) is 5.91 Å². The largest absolute Gasteiger partial charge is 0.391 e. The number of hydrogen-bond donors (Lipinski definition) is 1. The number of aliphatic hydroxyl groups excluding tert-OH is 1. The zero-order valence-electron chi connectivity index (χ0n) is 8.49. The van der Waals surface area contributed by atoms with Crippen LogP contribution in [0.3, 0.4) is 0 Å². The molecule has 2 atom stereocenters. The number of aliphatic hydroxyl groups is 1. The van der Waals surface area contributed by atoms with Gasteiger partial charge in [0, 0.05) is 19.5 Å². The lowest BCUT2D eigenvalue weighted by Crippen LogP contribution is -2.30. The van der Waals surface area contributed by atoms with Crippen molar-refractivity contribution in [1.29, 1.82) is 0 Å². The maximum Gasteiger partial charge on any atom is 0.222 e. The first-order valence-corrected chi connectivity index (χ1v) is 5.09. The van der Waals surface area contributed by atoms with Crippen LogP contribution in [0.1, 0.15) is 33.1 Å². The summed E-state index contributed by atoms with van der Waals surface area (Å²) in [7, 11) is 0. The number of carbonyl (C=O) groups is 1. The first-order valence-electron chi connectivity index (χ1n) is 5.09. The van der Waals surface area contributed by atoms with Crippen molar-refractivity contribution >= 4 is 5.91 Å². The molecule has 0 aromatic heterocycles. The van der Waals surface area contributed by atoms with Crippen molar-refractivity contribution in [3.05, 3.63) is 0 Å². The van der Waals surface area contributed by atoms with Crippen LogP contribution in [0.15, 0.2) is 0 Å². The van der Waals surface area contributed by atoms with Gasteiger partial charge in [-0.2, -0.15) is 0 Å². The molecule has 0 aromatic rings. The molecule has 1 saturated heterocycles. The molecular weight excluding hydrogens is 166 g/mol. The molecule has 0 spiro atoms. The molecule has 3 heteroatoms. The van der Waals surface area contributed by atoms with Gasteiger partial charge in [-0.15, -0.1) is 0 Å². The highest BCUT2D eigenvalue weighted by Crippen LogP contribution is 2.14. The van der Waals surface area contributed by atoms with Crippen molar-refractivity contribution in [2.45, 2.75) is 39.2 Å². The molecule has 1 aliphatic rings. The Kier molecular flexibility index (Phi) is 3.72. The smallest absolute Gasteiger partial charge is 0.222 e. The summed E-state index contributed by atoms with van der Waals surface area (Å²) in [6.07, 6.45) is 2.12. The van der Waals surface area contributed by atoms with Crippen LogP contribution in [0.25, 0.3) is 0 Å². The minimum Gasteiger partial charge on any atom is -0.391 e. The number of rotatable bonds is 3. The molecule has 1 N–H and O–H groups in total. The molecule has 0 saturated carbocycles. The van der Waals surface area contributed by atoms with Crippen LogP contribution in [0, 0.1) is 5.92 Å². The number of hydrogen-bond acceptors (Lipinski definition) is 2. The van der Waals surface area contributed by atoms with Crippen molar-refractivity contribution < 1.29 is 9.90 Å². The van der Waals surface area contributed by atoms with E-state index in [0.29, 0.717) is 18.9 Å². The third-order valence-corrected chi connectivity index (χ3v) is 2.74. The van der Waals surface area contributed by atoms with Gasteiger partial charge < -0.3 is 10.0 Å². The van der Waals surface area contributed by atoms with Crippen LogP contribution in [0.2, 0.25) is 0 Å². The third kappa shape index (κ3) is 2.99. The fraction of sp³-hybridized carbons (Fsp3) is 0.900. The Morgan fingerprint density at radius 1 is 1.69 bits per heavy atom. The fourth-order valence-corrected chi connectivity index (χ4v) is 1.54. The average molecular weight is 185 g/mol. The van der Waals surface area contributed by atoms with Crippen LogP contribution in [0.4, 0.5) is 0 Å². The normalized spacial score (nSPS) is 24.8. The molecule has 76 valence electrons. The monoisotopic (exact) mass is 185 g/mol. The molecule has 1 rings (SSSR count). The highest BCUT2D eigenvalue weighted by atomic mass is 16.3. The summed E-state index contributed by atoms with van der Waals surface area (Å²) >= 11 is 0. The van der Waals surface area contributed by atoms with Gasteiger partial charge in [0.1, 0.15) is 0 Å². The zero-order chi connectivity index (χ0) is 9.84. The maximum absolute atomic E-state index is 11.6. The van der Waals surface area contributed by atoms with Gasteiger partial charge >= 0.3 is 0 Å². The predicted octanol–water partition coefficient (Wildman–Crippen LogP) is 1.02. The lowest BCUT2D eigenvalue weighted by Gasteiger charge is -2.17. The summed E-state index contributed by atoms with van der Waals surface area (Å²) in [5.41, 5.74) is 0.